The number of rotatable bonds is 1. The van der Waals surface area contributed by atoms with E-state index in [0.717, 1.165) is 11.8 Å². The molecule has 0 amide bonds. The number of carbonyl (C=O) groups is 1. The minimum Gasteiger partial charge on any atom is -0.298 e. The summed E-state index contributed by atoms with van der Waals surface area (Å²) >= 11 is 0. The van der Waals surface area contributed by atoms with E-state index in [1.165, 1.54) is 10.8 Å². The van der Waals surface area contributed by atoms with Gasteiger partial charge in [0.25, 0.3) is 0 Å². The van der Waals surface area contributed by atoms with Gasteiger partial charge in [-0.25, -0.2) is 0 Å². The molecule has 0 fully saturated rings. The number of benzene rings is 3. The van der Waals surface area contributed by atoms with Gasteiger partial charge in [0.05, 0.1) is 0 Å². The number of aldehydes is 1. The minimum absolute atomic E-state index is 0. The van der Waals surface area contributed by atoms with Crippen LogP contribution in [0.5, 0.6) is 0 Å². The zero-order valence-electron chi connectivity index (χ0n) is 10.4. The summed E-state index contributed by atoms with van der Waals surface area (Å²) in [4.78, 5) is 10.0. The van der Waals surface area contributed by atoms with Crippen LogP contribution in [-0.2, 0) is 0 Å². The summed E-state index contributed by atoms with van der Waals surface area (Å²) in [6.45, 7) is 0. The fourth-order valence-electron chi connectivity index (χ4n) is 1.66. The maximum atomic E-state index is 10.0. The summed E-state index contributed by atoms with van der Waals surface area (Å²) in [5.74, 6) is 0. The summed E-state index contributed by atoms with van der Waals surface area (Å²) in [7, 11) is 0. The summed E-state index contributed by atoms with van der Waals surface area (Å²) in [5.41, 5.74) is 0.729. The van der Waals surface area contributed by atoms with Crippen molar-refractivity contribution in [3.05, 3.63) is 84.4 Å². The third-order valence-corrected chi connectivity index (χ3v) is 2.59. The molecule has 0 aliphatic heterocycles. The van der Waals surface area contributed by atoms with E-state index in [4.69, 9.17) is 0 Å². The first-order chi connectivity index (χ1) is 8.90. The molecular formula is C17H15IO. The highest BCUT2D eigenvalue weighted by Gasteiger charge is 1.85. The third kappa shape index (κ3) is 4.83. The van der Waals surface area contributed by atoms with Crippen LogP contribution in [0, 0.1) is 0 Å². The summed E-state index contributed by atoms with van der Waals surface area (Å²) < 4.78 is 0. The summed E-state index contributed by atoms with van der Waals surface area (Å²) in [5, 5.41) is 2.62. The Morgan fingerprint density at radius 2 is 0.947 bits per heavy atom. The van der Waals surface area contributed by atoms with Crippen LogP contribution in [0.15, 0.2) is 78.9 Å². The van der Waals surface area contributed by atoms with E-state index >= 15 is 0 Å². The van der Waals surface area contributed by atoms with E-state index in [-0.39, 0.29) is 24.0 Å². The van der Waals surface area contributed by atoms with E-state index in [9.17, 15) is 4.79 Å². The molecule has 96 valence electrons. The van der Waals surface area contributed by atoms with Gasteiger partial charge in [0.1, 0.15) is 6.29 Å². The zero-order valence-corrected chi connectivity index (χ0v) is 12.7. The summed E-state index contributed by atoms with van der Waals surface area (Å²) in [6.07, 6.45) is 0.833. The van der Waals surface area contributed by atoms with Crippen LogP contribution in [0.2, 0.25) is 0 Å². The predicted molar refractivity (Wildman–Crippen MR) is 91.2 cm³/mol. The molecule has 0 saturated carbocycles. The largest absolute Gasteiger partial charge is 0.298 e. The Labute approximate surface area is 130 Å². The van der Waals surface area contributed by atoms with Gasteiger partial charge in [-0.3, -0.25) is 4.79 Å². The molecule has 0 saturated heterocycles. The Bertz CT molecular complexity index is 555. The van der Waals surface area contributed by atoms with Crippen LogP contribution in [-0.4, -0.2) is 6.29 Å². The molecule has 0 heterocycles. The van der Waals surface area contributed by atoms with Crippen LogP contribution >= 0.6 is 24.0 Å². The molecule has 0 unspecified atom stereocenters. The van der Waals surface area contributed by atoms with E-state index in [2.05, 4.69) is 48.5 Å². The maximum absolute atomic E-state index is 10.0. The first-order valence-corrected chi connectivity index (χ1v) is 5.84. The molecule has 1 nitrogen and oxygen atoms in total. The van der Waals surface area contributed by atoms with Crippen LogP contribution in [0.25, 0.3) is 10.8 Å². The van der Waals surface area contributed by atoms with E-state index < -0.39 is 0 Å². The number of carbonyl (C=O) groups excluding carboxylic acids is 1. The van der Waals surface area contributed by atoms with Gasteiger partial charge in [0, 0.05) is 5.56 Å². The van der Waals surface area contributed by atoms with Gasteiger partial charge in [-0.05, 0) is 10.8 Å². The Balaban J connectivity index is 0.000000185. The molecule has 0 aliphatic carbocycles. The van der Waals surface area contributed by atoms with Gasteiger partial charge in [0.2, 0.25) is 0 Å². The number of fused-ring (bicyclic) bond motifs is 1. The van der Waals surface area contributed by atoms with E-state index in [1.54, 1.807) is 12.1 Å². The van der Waals surface area contributed by atoms with Crippen molar-refractivity contribution in [2.45, 2.75) is 0 Å². The lowest BCUT2D eigenvalue weighted by atomic mass is 10.1. The quantitative estimate of drug-likeness (QED) is 0.442. The van der Waals surface area contributed by atoms with Gasteiger partial charge < -0.3 is 0 Å². The summed E-state index contributed by atoms with van der Waals surface area (Å²) in [6, 6.07) is 25.8. The fourth-order valence-corrected chi connectivity index (χ4v) is 1.66. The normalized spacial score (nSPS) is 8.84. The molecule has 0 spiro atoms. The minimum atomic E-state index is 0. The Morgan fingerprint density at radius 3 is 1.26 bits per heavy atom. The molecule has 0 bridgehead atoms. The first-order valence-electron chi connectivity index (χ1n) is 5.84. The fraction of sp³-hybridized carbons (Fsp3) is 0. The molecule has 0 N–H and O–H groups in total. The van der Waals surface area contributed by atoms with E-state index in [0.29, 0.717) is 0 Å². The molecule has 3 rings (SSSR count). The highest BCUT2D eigenvalue weighted by molar-refractivity contribution is 14.0. The Hall–Kier alpha value is -1.68. The Morgan fingerprint density at radius 1 is 0.579 bits per heavy atom. The smallest absolute Gasteiger partial charge is 0.150 e. The van der Waals surface area contributed by atoms with E-state index in [1.807, 2.05) is 18.2 Å². The number of halogens is 1. The monoisotopic (exact) mass is 362 g/mol. The molecule has 3 aromatic carbocycles. The second kappa shape index (κ2) is 8.43. The van der Waals surface area contributed by atoms with Gasteiger partial charge in [-0.15, -0.1) is 24.0 Å². The molecular weight excluding hydrogens is 347 g/mol. The SMILES string of the molecule is I.O=Cc1ccccc1.c1ccc2ccccc2c1. The highest BCUT2D eigenvalue weighted by atomic mass is 127. The lowest BCUT2D eigenvalue weighted by Gasteiger charge is -1.92. The molecule has 0 aromatic heterocycles. The van der Waals surface area contributed by atoms with Crippen LogP contribution in [0.3, 0.4) is 0 Å². The van der Waals surface area contributed by atoms with Gasteiger partial charge in [0.15, 0.2) is 0 Å². The van der Waals surface area contributed by atoms with Crippen molar-refractivity contribution in [2.24, 2.45) is 0 Å². The van der Waals surface area contributed by atoms with Gasteiger partial charge in [-0.2, -0.15) is 0 Å². The molecule has 0 aliphatic rings. The molecule has 0 radical (unpaired) electrons. The van der Waals surface area contributed by atoms with Crippen molar-refractivity contribution < 1.29 is 4.79 Å². The van der Waals surface area contributed by atoms with Crippen molar-refractivity contribution in [1.29, 1.82) is 0 Å². The average molecular weight is 362 g/mol. The van der Waals surface area contributed by atoms with Gasteiger partial charge in [-0.1, -0.05) is 78.9 Å². The highest BCUT2D eigenvalue weighted by Crippen LogP contribution is 2.11. The molecule has 3 aromatic rings. The standard InChI is InChI=1S/C10H8.C7H6O.HI/c1-2-6-10-8-4-3-7-9(10)5-1;8-6-7-4-2-1-3-5-7;/h1-8H;1-6H;1H. The zero-order chi connectivity index (χ0) is 12.6. The Kier molecular flexibility index (Phi) is 6.82. The molecule has 19 heavy (non-hydrogen) atoms. The number of hydrogen-bond acceptors (Lipinski definition) is 1. The maximum Gasteiger partial charge on any atom is 0.150 e. The van der Waals surface area contributed by atoms with Crippen LogP contribution in [0.4, 0.5) is 0 Å². The third-order valence-electron chi connectivity index (χ3n) is 2.59. The second-order valence-corrected chi connectivity index (χ2v) is 3.88. The predicted octanol–water partition coefficient (Wildman–Crippen LogP) is 4.96. The first kappa shape index (κ1) is 15.4. The van der Waals surface area contributed by atoms with Crippen molar-refractivity contribution in [2.75, 3.05) is 0 Å². The van der Waals surface area contributed by atoms with Crippen molar-refractivity contribution >= 4 is 41.0 Å². The number of hydrogen-bond donors (Lipinski definition) is 0. The lowest BCUT2D eigenvalue weighted by Crippen LogP contribution is -1.73. The van der Waals surface area contributed by atoms with Crippen LogP contribution in [0.1, 0.15) is 10.4 Å². The van der Waals surface area contributed by atoms with Crippen molar-refractivity contribution in [1.82, 2.24) is 0 Å². The lowest BCUT2D eigenvalue weighted by molar-refractivity contribution is 0.112. The van der Waals surface area contributed by atoms with Crippen LogP contribution < -0.4 is 0 Å². The molecule has 0 atom stereocenters. The van der Waals surface area contributed by atoms with Gasteiger partial charge >= 0.3 is 0 Å². The van der Waals surface area contributed by atoms with Crippen molar-refractivity contribution in [3.8, 4) is 0 Å². The molecule has 2 heteroatoms. The second-order valence-electron chi connectivity index (χ2n) is 3.88. The average Bonchev–Trinajstić information content (AvgIpc) is 2.49. The van der Waals surface area contributed by atoms with Crippen molar-refractivity contribution in [3.63, 3.8) is 0 Å². The topological polar surface area (TPSA) is 17.1 Å².